The minimum absolute atomic E-state index is 0.0755. The summed E-state index contributed by atoms with van der Waals surface area (Å²) in [7, 11) is 0. The maximum absolute atomic E-state index is 11.5. The van der Waals surface area contributed by atoms with E-state index in [1.165, 1.54) is 33.1 Å². The Bertz CT molecular complexity index is 1460. The van der Waals surface area contributed by atoms with Gasteiger partial charge in [0, 0.05) is 42.8 Å². The van der Waals surface area contributed by atoms with Crippen LogP contribution in [-0.4, -0.2) is 33.0 Å². The number of aromatic amines is 1. The number of pyridine rings is 1. The second-order valence-corrected chi connectivity index (χ2v) is 10.7. The minimum Gasteiger partial charge on any atom is -0.489 e. The number of benzene rings is 2. The van der Waals surface area contributed by atoms with Crippen molar-refractivity contribution in [1.82, 2.24) is 15.0 Å². The van der Waals surface area contributed by atoms with Gasteiger partial charge in [0.05, 0.1) is 22.0 Å². The van der Waals surface area contributed by atoms with Crippen LogP contribution in [0.15, 0.2) is 64.6 Å². The summed E-state index contributed by atoms with van der Waals surface area (Å²) in [6.07, 6.45) is 9.56. The van der Waals surface area contributed by atoms with E-state index in [4.69, 9.17) is 19.2 Å². The first-order chi connectivity index (χ1) is 18.9. The van der Waals surface area contributed by atoms with Crippen LogP contribution >= 0.6 is 11.8 Å². The number of nitrogens with zero attached hydrogens (tertiary/aromatic N) is 2. The zero-order valence-corrected chi connectivity index (χ0v) is 22.9. The molecule has 0 unspecified atom stereocenters. The van der Waals surface area contributed by atoms with Gasteiger partial charge in [0.1, 0.15) is 24.8 Å². The highest BCUT2D eigenvalue weighted by molar-refractivity contribution is 7.99. The number of aromatic nitrogens is 3. The number of carbonyl (C=O) groups is 2. The summed E-state index contributed by atoms with van der Waals surface area (Å²) in [4.78, 5) is 37.3. The van der Waals surface area contributed by atoms with Crippen LogP contribution in [0.3, 0.4) is 0 Å². The molecule has 0 saturated heterocycles. The van der Waals surface area contributed by atoms with Gasteiger partial charge in [0.25, 0.3) is 0 Å². The van der Waals surface area contributed by atoms with E-state index in [0.29, 0.717) is 5.82 Å². The van der Waals surface area contributed by atoms with E-state index in [9.17, 15) is 9.59 Å². The number of ether oxygens (including phenoxy) is 3. The quantitative estimate of drug-likeness (QED) is 0.234. The van der Waals surface area contributed by atoms with Crippen LogP contribution in [0.1, 0.15) is 57.1 Å². The summed E-state index contributed by atoms with van der Waals surface area (Å²) >= 11 is 1.64. The van der Waals surface area contributed by atoms with Gasteiger partial charge < -0.3 is 19.2 Å². The summed E-state index contributed by atoms with van der Waals surface area (Å²) in [5.41, 5.74) is 4.05. The minimum atomic E-state index is -0.382. The second-order valence-electron chi connectivity index (χ2n) is 9.61. The highest BCUT2D eigenvalue weighted by atomic mass is 32.2. The van der Waals surface area contributed by atoms with Gasteiger partial charge in [-0.3, -0.25) is 14.6 Å². The molecule has 2 aromatic heterocycles. The Morgan fingerprint density at radius 3 is 2.36 bits per heavy atom. The Hall–Kier alpha value is -3.85. The Morgan fingerprint density at radius 2 is 1.64 bits per heavy atom. The Kier molecular flexibility index (Phi) is 8.46. The lowest BCUT2D eigenvalue weighted by Crippen LogP contribution is -2.19. The SMILES string of the molecule is CC(=O)OCc1ccc(-c2nc3cc(Sc4ccncc4)c(OC4CCCCC4)cc3[nH]2)cc1COC(C)=O. The largest absolute Gasteiger partial charge is 0.489 e. The number of esters is 2. The van der Waals surface area contributed by atoms with E-state index < -0.39 is 0 Å². The fourth-order valence-electron chi connectivity index (χ4n) is 4.63. The molecule has 5 rings (SSSR count). The summed E-state index contributed by atoms with van der Waals surface area (Å²) in [5, 5.41) is 0. The van der Waals surface area contributed by atoms with Crippen LogP contribution in [0.2, 0.25) is 0 Å². The van der Waals surface area contributed by atoms with Crippen LogP contribution < -0.4 is 4.74 Å². The van der Waals surface area contributed by atoms with E-state index >= 15 is 0 Å². The average Bonchev–Trinajstić information content (AvgIpc) is 3.35. The predicted octanol–water partition coefficient (Wildman–Crippen LogP) is 6.61. The van der Waals surface area contributed by atoms with Crippen molar-refractivity contribution in [3.05, 3.63) is 66.0 Å². The third-order valence-corrected chi connectivity index (χ3v) is 7.66. The number of nitrogens with one attached hydrogen (secondary N) is 1. The molecule has 0 aliphatic heterocycles. The zero-order chi connectivity index (χ0) is 27.2. The van der Waals surface area contributed by atoms with Gasteiger partial charge in [-0.25, -0.2) is 4.98 Å². The third kappa shape index (κ3) is 6.97. The van der Waals surface area contributed by atoms with Crippen LogP contribution in [0.5, 0.6) is 5.75 Å². The number of hydrogen-bond acceptors (Lipinski definition) is 8. The van der Waals surface area contributed by atoms with Crippen molar-refractivity contribution in [2.75, 3.05) is 0 Å². The Morgan fingerprint density at radius 1 is 0.923 bits per heavy atom. The topological polar surface area (TPSA) is 103 Å². The third-order valence-electron chi connectivity index (χ3n) is 6.61. The van der Waals surface area contributed by atoms with Gasteiger partial charge in [0.15, 0.2) is 0 Å². The van der Waals surface area contributed by atoms with Crippen molar-refractivity contribution in [3.63, 3.8) is 0 Å². The molecule has 0 atom stereocenters. The molecule has 1 aliphatic rings. The smallest absolute Gasteiger partial charge is 0.302 e. The zero-order valence-electron chi connectivity index (χ0n) is 22.1. The summed E-state index contributed by atoms with van der Waals surface area (Å²) in [5.74, 6) is 0.773. The van der Waals surface area contributed by atoms with Crippen molar-refractivity contribution < 1.29 is 23.8 Å². The van der Waals surface area contributed by atoms with Gasteiger partial charge >= 0.3 is 11.9 Å². The Labute approximate surface area is 231 Å². The van der Waals surface area contributed by atoms with Gasteiger partial charge in [-0.1, -0.05) is 30.3 Å². The van der Waals surface area contributed by atoms with E-state index in [-0.39, 0.29) is 31.3 Å². The molecular formula is C30H31N3O5S. The van der Waals surface area contributed by atoms with Crippen molar-refractivity contribution in [3.8, 4) is 17.1 Å². The van der Waals surface area contributed by atoms with Gasteiger partial charge in [-0.2, -0.15) is 0 Å². The number of carbonyl (C=O) groups excluding carboxylic acids is 2. The second kappa shape index (κ2) is 12.3. The average molecular weight is 546 g/mol. The molecule has 8 nitrogen and oxygen atoms in total. The number of fused-ring (bicyclic) bond motifs is 1. The van der Waals surface area contributed by atoms with Crippen molar-refractivity contribution in [1.29, 1.82) is 0 Å². The van der Waals surface area contributed by atoms with Crippen molar-refractivity contribution in [2.45, 2.75) is 75.1 Å². The fourth-order valence-corrected chi connectivity index (χ4v) is 5.52. The molecule has 0 amide bonds. The maximum Gasteiger partial charge on any atom is 0.302 e. The first-order valence-corrected chi connectivity index (χ1v) is 13.9. The van der Waals surface area contributed by atoms with Crippen LogP contribution in [-0.2, 0) is 32.3 Å². The van der Waals surface area contributed by atoms with Gasteiger partial charge in [0.2, 0.25) is 0 Å². The molecule has 1 saturated carbocycles. The maximum atomic E-state index is 11.5. The molecule has 2 heterocycles. The number of H-pyrrole nitrogens is 1. The number of rotatable bonds is 9. The highest BCUT2D eigenvalue weighted by Gasteiger charge is 2.19. The van der Waals surface area contributed by atoms with Crippen LogP contribution in [0.25, 0.3) is 22.4 Å². The fraction of sp³-hybridized carbons (Fsp3) is 0.333. The standard InChI is InChI=1S/C30H31N3O5S/c1-19(34)36-17-22-9-8-21(14-23(22)18-37-20(2)35)30-32-26-15-28(38-24-6-4-3-5-7-24)29(16-27(26)33-30)39-25-10-12-31-13-11-25/h8-16,24H,3-7,17-18H2,1-2H3,(H,32,33). The first kappa shape index (κ1) is 26.7. The van der Waals surface area contributed by atoms with E-state index in [0.717, 1.165) is 56.1 Å². The molecule has 9 heteroatoms. The molecule has 4 aromatic rings. The molecule has 1 aliphatic carbocycles. The molecule has 39 heavy (non-hydrogen) atoms. The lowest BCUT2D eigenvalue weighted by atomic mass is 9.98. The highest BCUT2D eigenvalue weighted by Crippen LogP contribution is 2.39. The lowest BCUT2D eigenvalue weighted by Gasteiger charge is -2.24. The Balaban J connectivity index is 1.49. The molecule has 1 N–H and O–H groups in total. The summed E-state index contributed by atoms with van der Waals surface area (Å²) < 4.78 is 17.0. The molecule has 2 aromatic carbocycles. The van der Waals surface area contributed by atoms with E-state index in [1.807, 2.05) is 36.4 Å². The lowest BCUT2D eigenvalue weighted by molar-refractivity contribution is -0.143. The van der Waals surface area contributed by atoms with E-state index in [1.54, 1.807) is 24.2 Å². The first-order valence-electron chi connectivity index (χ1n) is 13.1. The normalized spacial score (nSPS) is 13.8. The van der Waals surface area contributed by atoms with Crippen LogP contribution in [0, 0.1) is 0 Å². The van der Waals surface area contributed by atoms with Gasteiger partial charge in [-0.05, 0) is 61.1 Å². The molecule has 1 fully saturated rings. The van der Waals surface area contributed by atoms with E-state index in [2.05, 4.69) is 16.0 Å². The van der Waals surface area contributed by atoms with Crippen LogP contribution in [0.4, 0.5) is 0 Å². The number of hydrogen-bond donors (Lipinski definition) is 1. The molecule has 202 valence electrons. The molecule has 0 spiro atoms. The number of imidazole rings is 1. The monoisotopic (exact) mass is 545 g/mol. The molecule has 0 bridgehead atoms. The van der Waals surface area contributed by atoms with Crippen molar-refractivity contribution in [2.24, 2.45) is 0 Å². The predicted molar refractivity (Wildman–Crippen MR) is 148 cm³/mol. The van der Waals surface area contributed by atoms with Crippen molar-refractivity contribution >= 4 is 34.7 Å². The molecular weight excluding hydrogens is 514 g/mol. The van der Waals surface area contributed by atoms with Gasteiger partial charge in [-0.15, -0.1) is 0 Å². The summed E-state index contributed by atoms with van der Waals surface area (Å²) in [6, 6.07) is 13.8. The summed E-state index contributed by atoms with van der Waals surface area (Å²) in [6.45, 7) is 2.90. The molecule has 0 radical (unpaired) electrons.